The van der Waals surface area contributed by atoms with E-state index in [9.17, 15) is 9.59 Å². The van der Waals surface area contributed by atoms with Gasteiger partial charge in [0.15, 0.2) is 16.7 Å². The quantitative estimate of drug-likeness (QED) is 0.431. The van der Waals surface area contributed by atoms with Gasteiger partial charge in [0.25, 0.3) is 0 Å². The van der Waals surface area contributed by atoms with Crippen molar-refractivity contribution in [3.8, 4) is 17.2 Å². The monoisotopic (exact) mass is 469 g/mol. The van der Waals surface area contributed by atoms with Crippen LogP contribution in [0.3, 0.4) is 0 Å². The zero-order chi connectivity index (χ0) is 23.8. The lowest BCUT2D eigenvalue weighted by molar-refractivity contribution is -0.114. The van der Waals surface area contributed by atoms with Crippen molar-refractivity contribution in [1.29, 1.82) is 0 Å². The summed E-state index contributed by atoms with van der Waals surface area (Å²) in [5, 5.41) is 14.6. The molecule has 0 radical (unpaired) electrons. The topological polar surface area (TPSA) is 107 Å². The lowest BCUT2D eigenvalue weighted by Gasteiger charge is -2.13. The van der Waals surface area contributed by atoms with E-state index in [1.54, 1.807) is 24.3 Å². The normalized spacial score (nSPS) is 10.5. The molecule has 2 amide bonds. The van der Waals surface area contributed by atoms with Crippen molar-refractivity contribution in [1.82, 2.24) is 14.8 Å². The summed E-state index contributed by atoms with van der Waals surface area (Å²) in [6.45, 7) is 8.10. The highest BCUT2D eigenvalue weighted by atomic mass is 32.2. The minimum absolute atomic E-state index is 0.140. The van der Waals surface area contributed by atoms with Crippen molar-refractivity contribution < 1.29 is 19.1 Å². The minimum Gasteiger partial charge on any atom is -0.490 e. The van der Waals surface area contributed by atoms with Crippen LogP contribution < -0.4 is 20.1 Å². The molecule has 0 spiro atoms. The molecule has 33 heavy (non-hydrogen) atoms. The molecular formula is C23H27N5O4S. The van der Waals surface area contributed by atoms with Gasteiger partial charge in [-0.05, 0) is 51.1 Å². The molecule has 3 rings (SSSR count). The van der Waals surface area contributed by atoms with E-state index in [0.717, 1.165) is 5.69 Å². The highest BCUT2D eigenvalue weighted by molar-refractivity contribution is 7.99. The van der Waals surface area contributed by atoms with E-state index in [2.05, 4.69) is 20.8 Å². The summed E-state index contributed by atoms with van der Waals surface area (Å²) < 4.78 is 13.0. The Morgan fingerprint density at radius 3 is 2.42 bits per heavy atom. The van der Waals surface area contributed by atoms with Gasteiger partial charge in [-0.3, -0.25) is 14.2 Å². The molecule has 10 heteroatoms. The van der Waals surface area contributed by atoms with Crippen molar-refractivity contribution >= 4 is 35.0 Å². The molecule has 0 atom stereocenters. The van der Waals surface area contributed by atoms with Gasteiger partial charge in [-0.2, -0.15) is 0 Å². The van der Waals surface area contributed by atoms with Crippen LogP contribution in [0.4, 0.5) is 11.4 Å². The van der Waals surface area contributed by atoms with Crippen molar-refractivity contribution in [2.75, 3.05) is 29.6 Å². The van der Waals surface area contributed by atoms with E-state index in [1.165, 1.54) is 18.7 Å². The molecule has 0 aliphatic rings. The van der Waals surface area contributed by atoms with Crippen LogP contribution in [0.25, 0.3) is 5.69 Å². The van der Waals surface area contributed by atoms with Crippen LogP contribution in [-0.2, 0) is 9.59 Å². The van der Waals surface area contributed by atoms with E-state index in [0.29, 0.717) is 47.1 Å². The molecule has 0 saturated carbocycles. The number of anilines is 2. The maximum Gasteiger partial charge on any atom is 0.234 e. The number of thioether (sulfide) groups is 1. The third-order valence-electron chi connectivity index (χ3n) is 4.38. The first-order valence-corrected chi connectivity index (χ1v) is 11.5. The largest absolute Gasteiger partial charge is 0.490 e. The molecule has 0 bridgehead atoms. The average molecular weight is 470 g/mol. The molecule has 1 heterocycles. The Balaban J connectivity index is 1.70. The molecule has 1 aromatic heterocycles. The van der Waals surface area contributed by atoms with Gasteiger partial charge in [0.05, 0.1) is 24.7 Å². The van der Waals surface area contributed by atoms with Gasteiger partial charge in [0, 0.05) is 24.4 Å². The number of carbonyl (C=O) groups excluding carboxylic acids is 2. The molecule has 0 saturated heterocycles. The number of nitrogens with one attached hydrogen (secondary N) is 2. The van der Waals surface area contributed by atoms with Crippen LogP contribution in [0, 0.1) is 6.92 Å². The first kappa shape index (κ1) is 24.1. The number of hydrogen-bond acceptors (Lipinski definition) is 7. The maximum absolute atomic E-state index is 12.6. The number of carbonyl (C=O) groups is 2. The lowest BCUT2D eigenvalue weighted by Crippen LogP contribution is -2.15. The Morgan fingerprint density at radius 2 is 1.70 bits per heavy atom. The Morgan fingerprint density at radius 1 is 0.970 bits per heavy atom. The summed E-state index contributed by atoms with van der Waals surface area (Å²) in [5.41, 5.74) is 2.08. The molecule has 0 aliphatic carbocycles. The van der Waals surface area contributed by atoms with Gasteiger partial charge in [0.2, 0.25) is 11.8 Å². The summed E-state index contributed by atoms with van der Waals surface area (Å²) >= 11 is 1.27. The van der Waals surface area contributed by atoms with E-state index < -0.39 is 0 Å². The molecule has 0 unspecified atom stereocenters. The number of aryl methyl sites for hydroxylation is 1. The Hall–Kier alpha value is -3.53. The number of amides is 2. The fraction of sp³-hybridized carbons (Fsp3) is 0.304. The van der Waals surface area contributed by atoms with Gasteiger partial charge in [-0.25, -0.2) is 0 Å². The maximum atomic E-state index is 12.6. The van der Waals surface area contributed by atoms with Gasteiger partial charge in [-0.15, -0.1) is 10.2 Å². The zero-order valence-electron chi connectivity index (χ0n) is 19.0. The van der Waals surface area contributed by atoms with Crippen molar-refractivity contribution in [3.63, 3.8) is 0 Å². The Kier molecular flexibility index (Phi) is 8.31. The van der Waals surface area contributed by atoms with Crippen LogP contribution in [0.1, 0.15) is 26.6 Å². The fourth-order valence-corrected chi connectivity index (χ4v) is 3.91. The third kappa shape index (κ3) is 6.48. The van der Waals surface area contributed by atoms with E-state index in [1.807, 2.05) is 43.5 Å². The van der Waals surface area contributed by atoms with Crippen LogP contribution in [0.2, 0.25) is 0 Å². The zero-order valence-corrected chi connectivity index (χ0v) is 19.9. The lowest BCUT2D eigenvalue weighted by atomic mass is 10.2. The predicted octanol–water partition coefficient (Wildman–Crippen LogP) is 4.06. The smallest absolute Gasteiger partial charge is 0.234 e. The summed E-state index contributed by atoms with van der Waals surface area (Å²) in [4.78, 5) is 24.0. The van der Waals surface area contributed by atoms with Crippen molar-refractivity contribution in [2.45, 2.75) is 32.9 Å². The molecule has 174 valence electrons. The Bertz CT molecular complexity index is 1130. The van der Waals surface area contributed by atoms with Crippen LogP contribution in [0.15, 0.2) is 47.6 Å². The van der Waals surface area contributed by atoms with E-state index in [4.69, 9.17) is 9.47 Å². The highest BCUT2D eigenvalue weighted by Crippen LogP contribution is 2.31. The number of benzene rings is 2. The average Bonchev–Trinajstić information content (AvgIpc) is 3.14. The first-order valence-electron chi connectivity index (χ1n) is 10.5. The molecular weight excluding hydrogens is 442 g/mol. The summed E-state index contributed by atoms with van der Waals surface area (Å²) in [6.07, 6.45) is 0. The first-order chi connectivity index (χ1) is 15.9. The summed E-state index contributed by atoms with van der Waals surface area (Å²) in [7, 11) is 0. The second-order valence-electron chi connectivity index (χ2n) is 6.96. The van der Waals surface area contributed by atoms with Crippen LogP contribution in [-0.4, -0.2) is 45.5 Å². The van der Waals surface area contributed by atoms with Crippen molar-refractivity contribution in [3.05, 3.63) is 48.3 Å². The summed E-state index contributed by atoms with van der Waals surface area (Å²) in [6, 6.07) is 12.7. The fourth-order valence-electron chi connectivity index (χ4n) is 3.12. The number of rotatable bonds is 10. The predicted molar refractivity (Wildman–Crippen MR) is 129 cm³/mol. The third-order valence-corrected chi connectivity index (χ3v) is 5.31. The molecule has 2 N–H and O–H groups in total. The van der Waals surface area contributed by atoms with Gasteiger partial charge in [-0.1, -0.05) is 17.8 Å². The number of nitrogens with zero attached hydrogens (tertiary/aromatic N) is 3. The van der Waals surface area contributed by atoms with E-state index in [-0.39, 0.29) is 17.6 Å². The Labute approximate surface area is 196 Å². The number of hydrogen-bond donors (Lipinski definition) is 2. The molecule has 9 nitrogen and oxygen atoms in total. The minimum atomic E-state index is -0.189. The molecule has 2 aromatic carbocycles. The number of aromatic nitrogens is 3. The highest BCUT2D eigenvalue weighted by Gasteiger charge is 2.15. The van der Waals surface area contributed by atoms with E-state index >= 15 is 0 Å². The van der Waals surface area contributed by atoms with Crippen molar-refractivity contribution in [2.24, 2.45) is 0 Å². The van der Waals surface area contributed by atoms with Crippen LogP contribution >= 0.6 is 11.8 Å². The number of ether oxygens (including phenoxy) is 2. The second kappa shape index (κ2) is 11.4. The van der Waals surface area contributed by atoms with Gasteiger partial charge < -0.3 is 20.1 Å². The molecule has 0 aliphatic heterocycles. The standard InChI is InChI=1S/C23H27N5O4S/c1-5-31-20-11-10-18(13-21(20)32-6-2)25-22(30)14-33-23-27-26-15(3)28(23)19-9-7-8-17(12-19)24-16(4)29/h7-13H,5-6,14H2,1-4H3,(H,24,29)(H,25,30). The second-order valence-corrected chi connectivity index (χ2v) is 7.90. The van der Waals surface area contributed by atoms with Crippen LogP contribution in [0.5, 0.6) is 11.5 Å². The molecule has 0 fully saturated rings. The SMILES string of the molecule is CCOc1ccc(NC(=O)CSc2nnc(C)n2-c2cccc(NC(C)=O)c2)cc1OCC. The summed E-state index contributed by atoms with van der Waals surface area (Å²) in [5.74, 6) is 1.69. The molecule has 3 aromatic rings. The van der Waals surface area contributed by atoms with Gasteiger partial charge >= 0.3 is 0 Å². The van der Waals surface area contributed by atoms with Gasteiger partial charge in [0.1, 0.15) is 5.82 Å².